The second-order valence-electron chi connectivity index (χ2n) is 8.69. The van der Waals surface area contributed by atoms with Crippen molar-refractivity contribution in [1.29, 1.82) is 0 Å². The number of benzene rings is 2. The normalized spacial score (nSPS) is 16.3. The minimum Gasteiger partial charge on any atom is -0.443 e. The molecule has 0 spiro atoms. The van der Waals surface area contributed by atoms with Crippen LogP contribution in [0.4, 0.5) is 13.2 Å². The van der Waals surface area contributed by atoms with Crippen LogP contribution in [-0.4, -0.2) is 42.8 Å². The molecule has 2 aromatic carbocycles. The number of halogens is 3. The number of pyridine rings is 1. The number of carbonyl (C=O) groups excluding carboxylic acids is 1. The van der Waals surface area contributed by atoms with Crippen LogP contribution in [0.25, 0.3) is 22.2 Å². The van der Waals surface area contributed by atoms with Crippen molar-refractivity contribution in [2.24, 2.45) is 0 Å². The number of carbonyl (C=O) groups is 1. The molecule has 4 aromatic rings. The van der Waals surface area contributed by atoms with Gasteiger partial charge in [-0.05, 0) is 73.0 Å². The van der Waals surface area contributed by atoms with Gasteiger partial charge in [-0.3, -0.25) is 9.78 Å². The van der Waals surface area contributed by atoms with Crippen LogP contribution >= 0.6 is 0 Å². The number of nitrogens with zero attached hydrogens (tertiary/aromatic N) is 2. The molecule has 0 radical (unpaired) electrons. The maximum absolute atomic E-state index is 13.5. The van der Waals surface area contributed by atoms with Gasteiger partial charge in [0.25, 0.3) is 10.0 Å². The van der Waals surface area contributed by atoms with E-state index in [1.54, 1.807) is 30.5 Å². The van der Waals surface area contributed by atoms with E-state index in [1.807, 2.05) is 0 Å². The van der Waals surface area contributed by atoms with Crippen molar-refractivity contribution < 1.29 is 35.5 Å². The summed E-state index contributed by atoms with van der Waals surface area (Å²) in [4.78, 5) is 17.3. The summed E-state index contributed by atoms with van der Waals surface area (Å²) in [6, 6.07) is 13.5. The van der Waals surface area contributed by atoms with Crippen LogP contribution in [-0.2, 0) is 21.4 Å². The van der Waals surface area contributed by atoms with Crippen LogP contribution in [0.1, 0.15) is 18.4 Å². The molecule has 38 heavy (non-hydrogen) atoms. The van der Waals surface area contributed by atoms with Crippen LogP contribution in [0.3, 0.4) is 0 Å². The molecular formula is C26H22F3N3O5S. The molecule has 1 aliphatic heterocycles. The van der Waals surface area contributed by atoms with Crippen molar-refractivity contribution >= 4 is 26.9 Å². The summed E-state index contributed by atoms with van der Waals surface area (Å²) >= 11 is 0. The summed E-state index contributed by atoms with van der Waals surface area (Å²) in [6.45, 7) is -2.65. The summed E-state index contributed by atoms with van der Waals surface area (Å²) in [6.07, 6.45) is 2.39. The zero-order valence-electron chi connectivity index (χ0n) is 19.8. The van der Waals surface area contributed by atoms with Gasteiger partial charge in [-0.25, -0.2) is 12.8 Å². The van der Waals surface area contributed by atoms with Crippen molar-refractivity contribution in [3.63, 3.8) is 0 Å². The predicted octanol–water partition coefficient (Wildman–Crippen LogP) is 4.70. The number of hydrogen-bond donors (Lipinski definition) is 1. The largest absolute Gasteiger partial charge is 0.443 e. The third-order valence-electron chi connectivity index (χ3n) is 6.19. The van der Waals surface area contributed by atoms with Crippen LogP contribution in [0.5, 0.6) is 5.75 Å². The van der Waals surface area contributed by atoms with Gasteiger partial charge in [0.05, 0.1) is 5.69 Å². The monoisotopic (exact) mass is 545 g/mol. The molecular weight excluding hydrogens is 523 g/mol. The number of alkyl halides is 2. The van der Waals surface area contributed by atoms with Gasteiger partial charge in [0, 0.05) is 36.3 Å². The molecule has 1 aliphatic rings. The zero-order chi connectivity index (χ0) is 26.9. The lowest BCUT2D eigenvalue weighted by atomic mass is 10.1. The Labute approximate surface area is 216 Å². The van der Waals surface area contributed by atoms with E-state index in [2.05, 4.69) is 15.0 Å². The van der Waals surface area contributed by atoms with E-state index in [0.717, 1.165) is 4.31 Å². The molecule has 12 heteroatoms. The minimum absolute atomic E-state index is 0.0260. The lowest BCUT2D eigenvalue weighted by Gasteiger charge is -2.22. The Hall–Kier alpha value is -3.90. The maximum atomic E-state index is 13.5. The lowest BCUT2D eigenvalue weighted by Crippen LogP contribution is -2.45. The fourth-order valence-corrected chi connectivity index (χ4v) is 5.99. The number of rotatable bonds is 8. The van der Waals surface area contributed by atoms with Gasteiger partial charge in [0.15, 0.2) is 0 Å². The molecule has 0 aliphatic carbocycles. The number of amides is 1. The number of aromatic nitrogens is 1. The van der Waals surface area contributed by atoms with Crippen molar-refractivity contribution in [3.05, 3.63) is 78.2 Å². The van der Waals surface area contributed by atoms with Gasteiger partial charge in [-0.1, -0.05) is 0 Å². The van der Waals surface area contributed by atoms with E-state index in [9.17, 15) is 26.4 Å². The fourth-order valence-electron chi connectivity index (χ4n) is 4.38. The van der Waals surface area contributed by atoms with E-state index in [1.165, 1.54) is 36.4 Å². The first kappa shape index (κ1) is 25.7. The standard InChI is InChI=1S/C26H22F3N3O5S/c27-19-5-8-23-18(13-19)14-24(37-23)38(34,35)32-11-1-2-22(32)25(33)31-15-16-9-10-30-21(12-16)17-3-6-20(7-4-17)36-26(28)29/h3-10,12-14,22,26H,1-2,11,15H2,(H,31,33). The number of fused-ring (bicyclic) bond motifs is 1. The van der Waals surface area contributed by atoms with Crippen LogP contribution < -0.4 is 10.1 Å². The topological polar surface area (TPSA) is 102 Å². The smallest absolute Gasteiger partial charge is 0.387 e. The number of sulfonamides is 1. The van der Waals surface area contributed by atoms with Crippen LogP contribution in [0.2, 0.25) is 0 Å². The fraction of sp³-hybridized carbons (Fsp3) is 0.231. The lowest BCUT2D eigenvalue weighted by molar-refractivity contribution is -0.124. The Bertz CT molecular complexity index is 1570. The molecule has 8 nitrogen and oxygen atoms in total. The summed E-state index contributed by atoms with van der Waals surface area (Å²) in [7, 11) is -4.13. The number of ether oxygens (including phenoxy) is 1. The Morgan fingerprint density at radius 1 is 1.13 bits per heavy atom. The maximum Gasteiger partial charge on any atom is 0.387 e. The predicted molar refractivity (Wildman–Crippen MR) is 131 cm³/mol. The molecule has 0 bridgehead atoms. The van der Waals surface area contributed by atoms with E-state index < -0.39 is 34.4 Å². The second-order valence-corrected chi connectivity index (χ2v) is 10.5. The summed E-state index contributed by atoms with van der Waals surface area (Å²) < 4.78 is 75.7. The molecule has 1 fully saturated rings. The highest BCUT2D eigenvalue weighted by molar-refractivity contribution is 7.89. The third kappa shape index (κ3) is 5.36. The molecule has 2 aromatic heterocycles. The Morgan fingerprint density at radius 3 is 2.68 bits per heavy atom. The molecule has 1 saturated heterocycles. The van der Waals surface area contributed by atoms with E-state index >= 15 is 0 Å². The van der Waals surface area contributed by atoms with Gasteiger partial charge in [-0.15, -0.1) is 0 Å². The molecule has 1 unspecified atom stereocenters. The second kappa shape index (κ2) is 10.5. The third-order valence-corrected chi connectivity index (χ3v) is 7.96. The summed E-state index contributed by atoms with van der Waals surface area (Å²) in [5, 5.41) is 2.75. The quantitative estimate of drug-likeness (QED) is 0.344. The average molecular weight is 546 g/mol. The van der Waals surface area contributed by atoms with Crippen molar-refractivity contribution in [3.8, 4) is 17.0 Å². The first-order valence-corrected chi connectivity index (χ1v) is 13.1. The molecule has 0 saturated carbocycles. The van der Waals surface area contributed by atoms with Crippen molar-refractivity contribution in [2.75, 3.05) is 6.54 Å². The van der Waals surface area contributed by atoms with Gasteiger partial charge in [-0.2, -0.15) is 13.1 Å². The molecule has 3 heterocycles. The van der Waals surface area contributed by atoms with Gasteiger partial charge in [0.1, 0.15) is 23.2 Å². The number of nitrogens with one attached hydrogen (secondary N) is 1. The van der Waals surface area contributed by atoms with Gasteiger partial charge in [0.2, 0.25) is 11.0 Å². The number of hydrogen-bond acceptors (Lipinski definition) is 6. The highest BCUT2D eigenvalue weighted by Crippen LogP contribution is 2.30. The highest BCUT2D eigenvalue weighted by atomic mass is 32.2. The van der Waals surface area contributed by atoms with E-state index in [4.69, 9.17) is 4.42 Å². The Balaban J connectivity index is 1.27. The minimum atomic E-state index is -4.13. The molecule has 198 valence electrons. The first-order valence-electron chi connectivity index (χ1n) is 11.7. The number of furan rings is 1. The molecule has 1 atom stereocenters. The Morgan fingerprint density at radius 2 is 1.92 bits per heavy atom. The first-order chi connectivity index (χ1) is 18.2. The molecule has 5 rings (SSSR count). The summed E-state index contributed by atoms with van der Waals surface area (Å²) in [5.41, 5.74) is 2.17. The zero-order valence-corrected chi connectivity index (χ0v) is 20.6. The van der Waals surface area contributed by atoms with Gasteiger partial charge < -0.3 is 14.5 Å². The SMILES string of the molecule is O=C(NCc1ccnc(-c2ccc(OC(F)F)cc2)c1)C1CCCN1S(=O)(=O)c1cc2cc(F)ccc2o1. The van der Waals surface area contributed by atoms with Gasteiger partial charge >= 0.3 is 6.61 Å². The summed E-state index contributed by atoms with van der Waals surface area (Å²) in [5.74, 6) is -0.948. The average Bonchev–Trinajstić information content (AvgIpc) is 3.56. The van der Waals surface area contributed by atoms with Crippen LogP contribution in [0, 0.1) is 5.82 Å². The Kier molecular flexibility index (Phi) is 7.09. The highest BCUT2D eigenvalue weighted by Gasteiger charge is 2.41. The van der Waals surface area contributed by atoms with E-state index in [-0.39, 0.29) is 29.5 Å². The molecule has 1 amide bonds. The van der Waals surface area contributed by atoms with Crippen LogP contribution in [0.15, 0.2) is 76.4 Å². The van der Waals surface area contributed by atoms with Crippen molar-refractivity contribution in [1.82, 2.24) is 14.6 Å². The van der Waals surface area contributed by atoms with E-state index in [0.29, 0.717) is 35.0 Å². The molecule has 1 N–H and O–H groups in total. The van der Waals surface area contributed by atoms with Crippen molar-refractivity contribution in [2.45, 2.75) is 37.1 Å².